The molecule has 10 nitrogen and oxygen atoms in total. The molecule has 4 rings (SSSR count). The van der Waals surface area contributed by atoms with Crippen LogP contribution in [0.5, 0.6) is 5.75 Å². The number of thioether (sulfide) groups is 1. The average molecular weight is 519 g/mol. The van der Waals surface area contributed by atoms with E-state index >= 15 is 0 Å². The summed E-state index contributed by atoms with van der Waals surface area (Å²) in [5.74, 6) is 0.589. The molecule has 0 bridgehead atoms. The summed E-state index contributed by atoms with van der Waals surface area (Å²) in [6.45, 7) is 4.52. The molecule has 0 radical (unpaired) electrons. The van der Waals surface area contributed by atoms with E-state index < -0.39 is 10.8 Å². The maximum Gasteiger partial charge on any atom is 0.296 e. The van der Waals surface area contributed by atoms with Gasteiger partial charge in [-0.25, -0.2) is 0 Å². The summed E-state index contributed by atoms with van der Waals surface area (Å²) in [4.78, 5) is 23.5. The van der Waals surface area contributed by atoms with Crippen LogP contribution in [-0.4, -0.2) is 38.5 Å². The van der Waals surface area contributed by atoms with Crippen LogP contribution < -0.4 is 15.4 Å². The number of ether oxygens (including phenoxy) is 1. The van der Waals surface area contributed by atoms with Crippen molar-refractivity contribution in [2.45, 2.75) is 25.5 Å². The first-order valence-electron chi connectivity index (χ1n) is 11.4. The summed E-state index contributed by atoms with van der Waals surface area (Å²) in [5.41, 5.74) is 4.03. The van der Waals surface area contributed by atoms with Gasteiger partial charge in [0, 0.05) is 11.4 Å². The van der Waals surface area contributed by atoms with E-state index in [0.29, 0.717) is 23.3 Å². The summed E-state index contributed by atoms with van der Waals surface area (Å²) in [6, 6.07) is 20.1. The Kier molecular flexibility index (Phi) is 8.04. The van der Waals surface area contributed by atoms with Crippen molar-refractivity contribution in [3.05, 3.63) is 93.8 Å². The standard InChI is InChI=1S/C26H26N6O4S/c1-17-9-11-21(18(2)13-17)27-15-24-29-30-26(31(24)19-7-5-4-6-8-19)37-16-25(33)28-22-12-10-20(36-3)14-23(22)32(34)35/h4-14,27H,15-16H2,1-3H3,(H,28,33). The van der Waals surface area contributed by atoms with E-state index in [2.05, 4.69) is 33.8 Å². The molecule has 0 unspecified atom stereocenters. The number of benzene rings is 3. The minimum Gasteiger partial charge on any atom is -0.496 e. The number of para-hydroxylation sites is 1. The van der Waals surface area contributed by atoms with E-state index in [1.807, 2.05) is 54.0 Å². The van der Waals surface area contributed by atoms with Crippen LogP contribution >= 0.6 is 11.8 Å². The van der Waals surface area contributed by atoms with E-state index in [1.165, 1.54) is 36.6 Å². The molecule has 0 fully saturated rings. The molecule has 0 aliphatic carbocycles. The third kappa shape index (κ3) is 6.25. The van der Waals surface area contributed by atoms with Crippen molar-refractivity contribution in [3.8, 4) is 11.4 Å². The van der Waals surface area contributed by atoms with Gasteiger partial charge in [0.2, 0.25) is 5.91 Å². The lowest BCUT2D eigenvalue weighted by atomic mass is 10.1. The van der Waals surface area contributed by atoms with Gasteiger partial charge in [-0.3, -0.25) is 19.5 Å². The van der Waals surface area contributed by atoms with Crippen LogP contribution in [0.1, 0.15) is 17.0 Å². The number of aromatic nitrogens is 3. The smallest absolute Gasteiger partial charge is 0.296 e. The number of methoxy groups -OCH3 is 1. The fourth-order valence-electron chi connectivity index (χ4n) is 3.74. The van der Waals surface area contributed by atoms with E-state index in [4.69, 9.17) is 4.74 Å². The monoisotopic (exact) mass is 518 g/mol. The Balaban J connectivity index is 1.51. The van der Waals surface area contributed by atoms with Crippen LogP contribution in [0.2, 0.25) is 0 Å². The highest BCUT2D eigenvalue weighted by Crippen LogP contribution is 2.30. The number of nitrogens with one attached hydrogen (secondary N) is 2. The lowest BCUT2D eigenvalue weighted by Gasteiger charge is -2.13. The number of rotatable bonds is 10. The lowest BCUT2D eigenvalue weighted by Crippen LogP contribution is -2.16. The molecule has 37 heavy (non-hydrogen) atoms. The summed E-state index contributed by atoms with van der Waals surface area (Å²) in [5, 5.41) is 26.7. The Bertz CT molecular complexity index is 1420. The Morgan fingerprint density at radius 3 is 2.51 bits per heavy atom. The molecule has 1 aromatic heterocycles. The maximum atomic E-state index is 12.7. The number of hydrogen-bond donors (Lipinski definition) is 2. The minimum atomic E-state index is -0.563. The lowest BCUT2D eigenvalue weighted by molar-refractivity contribution is -0.384. The zero-order valence-electron chi connectivity index (χ0n) is 20.6. The van der Waals surface area contributed by atoms with Gasteiger partial charge in [-0.2, -0.15) is 0 Å². The van der Waals surface area contributed by atoms with Crippen LogP contribution in [0.25, 0.3) is 5.69 Å². The zero-order chi connectivity index (χ0) is 26.4. The Morgan fingerprint density at radius 1 is 1.05 bits per heavy atom. The highest BCUT2D eigenvalue weighted by Gasteiger charge is 2.19. The third-order valence-electron chi connectivity index (χ3n) is 5.54. The number of anilines is 2. The van der Waals surface area contributed by atoms with Crippen LogP contribution in [0.15, 0.2) is 71.9 Å². The third-order valence-corrected chi connectivity index (χ3v) is 6.47. The second-order valence-electron chi connectivity index (χ2n) is 8.22. The Labute approximate surface area is 218 Å². The molecular weight excluding hydrogens is 492 g/mol. The van der Waals surface area contributed by atoms with Crippen LogP contribution in [-0.2, 0) is 11.3 Å². The van der Waals surface area contributed by atoms with Crippen molar-refractivity contribution < 1.29 is 14.5 Å². The van der Waals surface area contributed by atoms with Gasteiger partial charge < -0.3 is 15.4 Å². The van der Waals surface area contributed by atoms with Crippen LogP contribution in [0.4, 0.5) is 17.1 Å². The van der Waals surface area contributed by atoms with E-state index in [0.717, 1.165) is 16.9 Å². The summed E-state index contributed by atoms with van der Waals surface area (Å²) < 4.78 is 6.94. The number of nitro groups is 1. The number of nitrogens with zero attached hydrogens (tertiary/aromatic N) is 4. The fraction of sp³-hybridized carbons (Fsp3) is 0.192. The molecule has 190 valence electrons. The van der Waals surface area contributed by atoms with Gasteiger partial charge in [0.1, 0.15) is 11.4 Å². The SMILES string of the molecule is COc1ccc(NC(=O)CSc2nnc(CNc3ccc(C)cc3C)n2-c2ccccc2)c([N+](=O)[O-])c1. The minimum absolute atomic E-state index is 0.0152. The Morgan fingerprint density at radius 2 is 1.81 bits per heavy atom. The molecule has 0 saturated carbocycles. The van der Waals surface area contributed by atoms with Gasteiger partial charge in [0.05, 0.1) is 30.4 Å². The first-order chi connectivity index (χ1) is 17.9. The van der Waals surface area contributed by atoms with E-state index in [-0.39, 0.29) is 17.1 Å². The predicted octanol–water partition coefficient (Wildman–Crippen LogP) is 5.14. The van der Waals surface area contributed by atoms with E-state index in [1.54, 1.807) is 6.07 Å². The topological polar surface area (TPSA) is 124 Å². The first kappa shape index (κ1) is 25.7. The fourth-order valence-corrected chi connectivity index (χ4v) is 4.51. The van der Waals surface area contributed by atoms with Crippen molar-refractivity contribution in [2.24, 2.45) is 0 Å². The number of carbonyl (C=O) groups is 1. The molecular formula is C26H26N6O4S. The number of hydrogen-bond acceptors (Lipinski definition) is 8. The molecule has 0 saturated heterocycles. The van der Waals surface area contributed by atoms with Gasteiger partial charge in [0.25, 0.3) is 5.69 Å². The molecule has 11 heteroatoms. The number of amides is 1. The van der Waals surface area contributed by atoms with Crippen molar-refractivity contribution in [1.82, 2.24) is 14.8 Å². The molecule has 4 aromatic rings. The second kappa shape index (κ2) is 11.6. The molecule has 2 N–H and O–H groups in total. The largest absolute Gasteiger partial charge is 0.496 e. The van der Waals surface area contributed by atoms with Crippen molar-refractivity contribution >= 4 is 34.7 Å². The molecule has 0 spiro atoms. The molecule has 0 aliphatic heterocycles. The number of aryl methyl sites for hydroxylation is 2. The highest BCUT2D eigenvalue weighted by molar-refractivity contribution is 7.99. The number of carbonyl (C=O) groups excluding carboxylic acids is 1. The molecule has 1 heterocycles. The predicted molar refractivity (Wildman–Crippen MR) is 144 cm³/mol. The number of nitro benzene ring substituents is 1. The average Bonchev–Trinajstić information content (AvgIpc) is 3.30. The van der Waals surface area contributed by atoms with Crippen molar-refractivity contribution in [3.63, 3.8) is 0 Å². The van der Waals surface area contributed by atoms with Crippen molar-refractivity contribution in [1.29, 1.82) is 0 Å². The highest BCUT2D eigenvalue weighted by atomic mass is 32.2. The van der Waals surface area contributed by atoms with Gasteiger partial charge in [0.15, 0.2) is 11.0 Å². The summed E-state index contributed by atoms with van der Waals surface area (Å²) in [7, 11) is 1.42. The molecule has 3 aromatic carbocycles. The van der Waals surface area contributed by atoms with E-state index in [9.17, 15) is 14.9 Å². The van der Waals surface area contributed by atoms with Gasteiger partial charge in [-0.15, -0.1) is 10.2 Å². The second-order valence-corrected chi connectivity index (χ2v) is 9.16. The summed E-state index contributed by atoms with van der Waals surface area (Å²) >= 11 is 1.19. The van der Waals surface area contributed by atoms with Gasteiger partial charge in [-0.05, 0) is 49.7 Å². The Hall–Kier alpha value is -4.38. The first-order valence-corrected chi connectivity index (χ1v) is 12.4. The zero-order valence-corrected chi connectivity index (χ0v) is 21.4. The maximum absolute atomic E-state index is 12.7. The quantitative estimate of drug-likeness (QED) is 0.168. The molecule has 0 atom stereocenters. The van der Waals surface area contributed by atoms with Crippen LogP contribution in [0.3, 0.4) is 0 Å². The van der Waals surface area contributed by atoms with Gasteiger partial charge in [-0.1, -0.05) is 47.7 Å². The molecule has 1 amide bonds. The van der Waals surface area contributed by atoms with Crippen LogP contribution in [0, 0.1) is 24.0 Å². The molecule has 0 aliphatic rings. The normalized spacial score (nSPS) is 10.7. The van der Waals surface area contributed by atoms with Gasteiger partial charge >= 0.3 is 0 Å². The summed E-state index contributed by atoms with van der Waals surface area (Å²) in [6.07, 6.45) is 0. The van der Waals surface area contributed by atoms with Crippen molar-refractivity contribution in [2.75, 3.05) is 23.5 Å².